The summed E-state index contributed by atoms with van der Waals surface area (Å²) in [4.78, 5) is 17.2. The van der Waals surface area contributed by atoms with Crippen molar-refractivity contribution in [3.8, 4) is 5.75 Å². The first-order chi connectivity index (χ1) is 9.54. The summed E-state index contributed by atoms with van der Waals surface area (Å²) >= 11 is 0. The van der Waals surface area contributed by atoms with Gasteiger partial charge in [0.1, 0.15) is 18.1 Å². The molecule has 2 rings (SSSR count). The first-order valence-electron chi connectivity index (χ1n) is 6.44. The van der Waals surface area contributed by atoms with Crippen molar-refractivity contribution in [2.75, 3.05) is 18.6 Å². The van der Waals surface area contributed by atoms with Gasteiger partial charge in [-0.1, -0.05) is 12.1 Å². The number of rotatable bonds is 5. The molecule has 20 heavy (non-hydrogen) atoms. The van der Waals surface area contributed by atoms with Crippen molar-refractivity contribution in [2.24, 2.45) is 0 Å². The summed E-state index contributed by atoms with van der Waals surface area (Å²) in [5, 5.41) is 10.9. The number of hydrogen-bond acceptors (Lipinski definition) is 4. The predicted octanol–water partition coefficient (Wildman–Crippen LogP) is 2.54. The summed E-state index contributed by atoms with van der Waals surface area (Å²) in [6, 6.07) is 7.60. The zero-order chi connectivity index (χ0) is 14.7. The van der Waals surface area contributed by atoms with Crippen molar-refractivity contribution in [1.82, 2.24) is 4.98 Å². The molecule has 0 radical (unpaired) electrons. The summed E-state index contributed by atoms with van der Waals surface area (Å²) in [6.45, 7) is 3.81. The molecule has 0 fully saturated rings. The molecular weight excluding hydrogens is 256 g/mol. The van der Waals surface area contributed by atoms with Crippen molar-refractivity contribution in [2.45, 2.75) is 19.9 Å². The third-order valence-corrected chi connectivity index (χ3v) is 3.17. The summed E-state index contributed by atoms with van der Waals surface area (Å²) in [6.07, 6.45) is 1.68. The molecule has 5 heteroatoms. The maximum absolute atomic E-state index is 11.1. The van der Waals surface area contributed by atoms with E-state index < -0.39 is 5.97 Å². The minimum absolute atomic E-state index is 0.0374. The average molecular weight is 274 g/mol. The lowest BCUT2D eigenvalue weighted by molar-refractivity contribution is -0.135. The van der Waals surface area contributed by atoms with E-state index in [1.165, 1.54) is 0 Å². The van der Waals surface area contributed by atoms with Gasteiger partial charge in [-0.05, 0) is 26.0 Å². The van der Waals surface area contributed by atoms with Crippen LogP contribution in [-0.4, -0.2) is 35.8 Å². The number of anilines is 1. The molecule has 106 valence electrons. The molecular formula is C15H18N2O3. The number of pyridine rings is 1. The van der Waals surface area contributed by atoms with Gasteiger partial charge in [0, 0.05) is 23.0 Å². The highest BCUT2D eigenvalue weighted by atomic mass is 16.5. The molecule has 0 aliphatic heterocycles. The Morgan fingerprint density at radius 3 is 2.70 bits per heavy atom. The average Bonchev–Trinajstić information content (AvgIpc) is 2.43. The molecule has 1 N–H and O–H groups in total. The second kappa shape index (κ2) is 5.77. The smallest absolute Gasteiger partial charge is 0.323 e. The van der Waals surface area contributed by atoms with Crippen LogP contribution >= 0.6 is 0 Å². The standard InChI is InChI=1S/C15H18N2O3/c1-10(2)17(9-14(18)19)15-12-5-4-6-13(20-3)11(12)7-8-16-15/h4-8,10H,9H2,1-3H3,(H,18,19). The van der Waals surface area contributed by atoms with Gasteiger partial charge in [-0.15, -0.1) is 0 Å². The Bertz CT molecular complexity index is 626. The van der Waals surface area contributed by atoms with Crippen LogP contribution < -0.4 is 9.64 Å². The Morgan fingerprint density at radius 2 is 2.10 bits per heavy atom. The van der Waals surface area contributed by atoms with Crippen LogP contribution in [0.15, 0.2) is 30.5 Å². The number of nitrogens with zero attached hydrogens (tertiary/aromatic N) is 2. The highest BCUT2D eigenvalue weighted by Crippen LogP contribution is 2.31. The van der Waals surface area contributed by atoms with E-state index in [9.17, 15) is 4.79 Å². The van der Waals surface area contributed by atoms with E-state index in [2.05, 4.69) is 4.98 Å². The molecule has 1 heterocycles. The molecule has 0 unspecified atom stereocenters. The highest BCUT2D eigenvalue weighted by Gasteiger charge is 2.18. The number of methoxy groups -OCH3 is 1. The van der Waals surface area contributed by atoms with E-state index in [-0.39, 0.29) is 12.6 Å². The quantitative estimate of drug-likeness (QED) is 0.907. The molecule has 0 saturated heterocycles. The lowest BCUT2D eigenvalue weighted by Crippen LogP contribution is -2.36. The van der Waals surface area contributed by atoms with Crippen LogP contribution in [-0.2, 0) is 4.79 Å². The van der Waals surface area contributed by atoms with Crippen LogP contribution in [0.4, 0.5) is 5.82 Å². The first kappa shape index (κ1) is 14.1. The molecule has 0 aliphatic rings. The van der Waals surface area contributed by atoms with Crippen molar-refractivity contribution in [3.05, 3.63) is 30.5 Å². The SMILES string of the molecule is COc1cccc2c(N(CC(=O)O)C(C)C)nccc12. The summed E-state index contributed by atoms with van der Waals surface area (Å²) < 4.78 is 5.34. The molecule has 0 aliphatic carbocycles. The first-order valence-corrected chi connectivity index (χ1v) is 6.44. The van der Waals surface area contributed by atoms with Gasteiger partial charge in [-0.25, -0.2) is 4.98 Å². The van der Waals surface area contributed by atoms with Crippen molar-refractivity contribution in [1.29, 1.82) is 0 Å². The number of hydrogen-bond donors (Lipinski definition) is 1. The number of aromatic nitrogens is 1. The van der Waals surface area contributed by atoms with Gasteiger partial charge in [0.15, 0.2) is 0 Å². The molecule has 2 aromatic rings. The summed E-state index contributed by atoms with van der Waals surface area (Å²) in [5.41, 5.74) is 0. The number of carbonyl (C=O) groups is 1. The molecule has 1 aromatic heterocycles. The monoisotopic (exact) mass is 274 g/mol. The number of fused-ring (bicyclic) bond motifs is 1. The highest BCUT2D eigenvalue weighted by molar-refractivity contribution is 5.97. The second-order valence-electron chi connectivity index (χ2n) is 4.81. The lowest BCUT2D eigenvalue weighted by Gasteiger charge is -2.27. The van der Waals surface area contributed by atoms with Crippen molar-refractivity contribution in [3.63, 3.8) is 0 Å². The molecule has 5 nitrogen and oxygen atoms in total. The van der Waals surface area contributed by atoms with Crippen LogP contribution in [0.1, 0.15) is 13.8 Å². The van der Waals surface area contributed by atoms with Gasteiger partial charge in [0.05, 0.1) is 7.11 Å². The lowest BCUT2D eigenvalue weighted by atomic mass is 10.1. The van der Waals surface area contributed by atoms with Gasteiger partial charge in [-0.3, -0.25) is 4.79 Å². The van der Waals surface area contributed by atoms with E-state index in [1.807, 2.05) is 38.1 Å². The van der Waals surface area contributed by atoms with Crippen LogP contribution in [0.3, 0.4) is 0 Å². The molecule has 0 saturated carbocycles. The fourth-order valence-corrected chi connectivity index (χ4v) is 2.22. The molecule has 0 spiro atoms. The largest absolute Gasteiger partial charge is 0.496 e. The zero-order valence-corrected chi connectivity index (χ0v) is 11.8. The summed E-state index contributed by atoms with van der Waals surface area (Å²) in [7, 11) is 1.62. The molecule has 0 bridgehead atoms. The second-order valence-corrected chi connectivity index (χ2v) is 4.81. The number of carboxylic acid groups (broad SMARTS) is 1. The number of aliphatic carboxylic acids is 1. The van der Waals surface area contributed by atoms with Crippen LogP contribution in [0.5, 0.6) is 5.75 Å². The van der Waals surface area contributed by atoms with E-state index in [4.69, 9.17) is 9.84 Å². The zero-order valence-electron chi connectivity index (χ0n) is 11.8. The van der Waals surface area contributed by atoms with Crippen molar-refractivity contribution < 1.29 is 14.6 Å². The van der Waals surface area contributed by atoms with Gasteiger partial charge in [0.2, 0.25) is 0 Å². The Hall–Kier alpha value is -2.30. The Balaban J connectivity index is 2.60. The number of ether oxygens (including phenoxy) is 1. The van der Waals surface area contributed by atoms with Crippen LogP contribution in [0.25, 0.3) is 10.8 Å². The van der Waals surface area contributed by atoms with E-state index in [1.54, 1.807) is 18.2 Å². The van der Waals surface area contributed by atoms with E-state index >= 15 is 0 Å². The van der Waals surface area contributed by atoms with Gasteiger partial charge in [-0.2, -0.15) is 0 Å². The van der Waals surface area contributed by atoms with E-state index in [0.29, 0.717) is 5.82 Å². The minimum atomic E-state index is -0.875. The predicted molar refractivity (Wildman–Crippen MR) is 78.4 cm³/mol. The van der Waals surface area contributed by atoms with Gasteiger partial charge in [0.25, 0.3) is 0 Å². The minimum Gasteiger partial charge on any atom is -0.496 e. The topological polar surface area (TPSA) is 62.7 Å². The molecule has 0 atom stereocenters. The number of carboxylic acids is 1. The third-order valence-electron chi connectivity index (χ3n) is 3.17. The van der Waals surface area contributed by atoms with Gasteiger partial charge >= 0.3 is 5.97 Å². The van der Waals surface area contributed by atoms with Gasteiger partial charge < -0.3 is 14.7 Å². The fourth-order valence-electron chi connectivity index (χ4n) is 2.22. The Labute approximate surface area is 117 Å². The maximum Gasteiger partial charge on any atom is 0.323 e. The number of benzene rings is 1. The van der Waals surface area contributed by atoms with Crippen LogP contribution in [0, 0.1) is 0 Å². The normalized spacial score (nSPS) is 10.8. The van der Waals surface area contributed by atoms with Crippen LogP contribution in [0.2, 0.25) is 0 Å². The van der Waals surface area contributed by atoms with Crippen molar-refractivity contribution >= 4 is 22.6 Å². The Morgan fingerprint density at radius 1 is 1.35 bits per heavy atom. The third kappa shape index (κ3) is 2.66. The molecule has 1 aromatic carbocycles. The maximum atomic E-state index is 11.1. The van der Waals surface area contributed by atoms with E-state index in [0.717, 1.165) is 16.5 Å². The molecule has 0 amide bonds. The fraction of sp³-hybridized carbons (Fsp3) is 0.333. The summed E-state index contributed by atoms with van der Waals surface area (Å²) in [5.74, 6) is 0.546. The Kier molecular flexibility index (Phi) is 4.08.